The van der Waals surface area contributed by atoms with Gasteiger partial charge >= 0.3 is 0 Å². The van der Waals surface area contributed by atoms with Crippen LogP contribution in [0.1, 0.15) is 0 Å². The lowest BCUT2D eigenvalue weighted by atomic mass is 10.3. The molecule has 0 radical (unpaired) electrons. The number of rotatable bonds is 4. The molecule has 0 bridgehead atoms. The van der Waals surface area contributed by atoms with Crippen LogP contribution in [0.5, 0.6) is 0 Å². The minimum atomic E-state index is -3.75. The van der Waals surface area contributed by atoms with Crippen molar-refractivity contribution < 1.29 is 8.42 Å². The molecule has 0 saturated carbocycles. The lowest BCUT2D eigenvalue weighted by Gasteiger charge is -2.12. The van der Waals surface area contributed by atoms with Crippen LogP contribution in [0.15, 0.2) is 40.1 Å². The van der Waals surface area contributed by atoms with E-state index in [0.717, 1.165) is 0 Å². The average molecular weight is 438 g/mol. The van der Waals surface area contributed by atoms with Crippen molar-refractivity contribution in [2.24, 2.45) is 0 Å². The monoisotopic (exact) mass is 435 g/mol. The molecular formula is C12H6Cl5NO2S2. The molecule has 0 fully saturated rings. The van der Waals surface area contributed by atoms with Gasteiger partial charge in [0.15, 0.2) is 0 Å². The zero-order valence-corrected chi connectivity index (χ0v) is 15.8. The molecule has 0 aliphatic heterocycles. The van der Waals surface area contributed by atoms with Gasteiger partial charge in [0.1, 0.15) is 0 Å². The van der Waals surface area contributed by atoms with Crippen molar-refractivity contribution in [2.45, 2.75) is 9.79 Å². The van der Waals surface area contributed by atoms with Crippen molar-refractivity contribution in [3.63, 3.8) is 0 Å². The van der Waals surface area contributed by atoms with E-state index in [-0.39, 0.29) is 34.9 Å². The Hall–Kier alpha value is 0.150. The Morgan fingerprint density at radius 1 is 0.773 bits per heavy atom. The summed E-state index contributed by atoms with van der Waals surface area (Å²) in [6.45, 7) is 0. The molecule has 2 rings (SSSR count). The molecule has 2 aromatic rings. The number of halogens is 5. The van der Waals surface area contributed by atoms with Crippen LogP contribution >= 0.6 is 70.0 Å². The summed E-state index contributed by atoms with van der Waals surface area (Å²) in [5, 5.41) is 0.0375. The van der Waals surface area contributed by atoms with Crippen LogP contribution in [0.25, 0.3) is 0 Å². The molecule has 0 unspecified atom stereocenters. The fourth-order valence-electron chi connectivity index (χ4n) is 1.42. The topological polar surface area (TPSA) is 46.2 Å². The van der Waals surface area contributed by atoms with Crippen molar-refractivity contribution in [1.82, 2.24) is 4.13 Å². The SMILES string of the molecule is O=S(=O)(NSc1c(Cl)c(Cl)c(Cl)c(Cl)c1Cl)c1ccccc1. The highest BCUT2D eigenvalue weighted by molar-refractivity contribution is 8.09. The molecule has 22 heavy (non-hydrogen) atoms. The maximum absolute atomic E-state index is 12.2. The summed E-state index contributed by atoms with van der Waals surface area (Å²) in [5.41, 5.74) is 0. The van der Waals surface area contributed by atoms with E-state index in [1.54, 1.807) is 18.2 Å². The van der Waals surface area contributed by atoms with E-state index in [0.29, 0.717) is 11.9 Å². The Bertz CT molecular complexity index is 783. The van der Waals surface area contributed by atoms with Crippen LogP contribution in [-0.4, -0.2) is 8.42 Å². The van der Waals surface area contributed by atoms with Gasteiger partial charge in [-0.2, -0.15) is 0 Å². The van der Waals surface area contributed by atoms with Crippen LogP contribution in [0.3, 0.4) is 0 Å². The minimum absolute atomic E-state index is 0.000794. The van der Waals surface area contributed by atoms with E-state index >= 15 is 0 Å². The van der Waals surface area contributed by atoms with Gasteiger partial charge in [-0.3, -0.25) is 0 Å². The molecule has 3 nitrogen and oxygen atoms in total. The molecule has 0 aliphatic carbocycles. The summed E-state index contributed by atoms with van der Waals surface area (Å²) in [7, 11) is -3.75. The molecule has 0 saturated heterocycles. The molecule has 1 N–H and O–H groups in total. The van der Waals surface area contributed by atoms with E-state index in [9.17, 15) is 8.42 Å². The molecular weight excluding hydrogens is 432 g/mol. The van der Waals surface area contributed by atoms with Gasteiger partial charge in [0.25, 0.3) is 0 Å². The first-order valence-corrected chi connectivity index (χ1v) is 9.69. The molecule has 0 aromatic heterocycles. The Kier molecular flexibility index (Phi) is 6.19. The first-order chi connectivity index (χ1) is 10.3. The summed E-state index contributed by atoms with van der Waals surface area (Å²) in [6, 6.07) is 7.82. The van der Waals surface area contributed by atoms with Gasteiger partial charge in [0.2, 0.25) is 10.0 Å². The Morgan fingerprint density at radius 3 is 1.73 bits per heavy atom. The van der Waals surface area contributed by atoms with Crippen LogP contribution in [0.4, 0.5) is 0 Å². The van der Waals surface area contributed by atoms with Gasteiger partial charge < -0.3 is 0 Å². The lowest BCUT2D eigenvalue weighted by Crippen LogP contribution is -2.16. The molecule has 2 aromatic carbocycles. The summed E-state index contributed by atoms with van der Waals surface area (Å²) in [4.78, 5) is 0.267. The first-order valence-electron chi connectivity index (χ1n) is 5.51. The van der Waals surface area contributed by atoms with Gasteiger partial charge in [-0.05, 0) is 24.1 Å². The summed E-state index contributed by atoms with van der Waals surface area (Å²) >= 11 is 30.5. The quantitative estimate of drug-likeness (QED) is 0.366. The molecule has 118 valence electrons. The van der Waals surface area contributed by atoms with E-state index in [4.69, 9.17) is 58.0 Å². The third-order valence-electron chi connectivity index (χ3n) is 2.48. The molecule has 0 amide bonds. The largest absolute Gasteiger partial charge is 0.250 e. The predicted octanol–water partition coefficient (Wildman–Crippen LogP) is 5.94. The summed E-state index contributed by atoms with van der Waals surface area (Å²) in [5.74, 6) is 0. The normalized spacial score (nSPS) is 11.7. The molecule has 0 atom stereocenters. The fourth-order valence-corrected chi connectivity index (χ4v) is 4.96. The van der Waals surface area contributed by atoms with Crippen molar-refractivity contribution in [3.8, 4) is 0 Å². The van der Waals surface area contributed by atoms with Crippen molar-refractivity contribution in [2.75, 3.05) is 0 Å². The fraction of sp³-hybridized carbons (Fsp3) is 0. The number of hydrogen-bond acceptors (Lipinski definition) is 3. The second-order valence-corrected chi connectivity index (χ2v) is 8.55. The molecule has 10 heteroatoms. The summed E-state index contributed by atoms with van der Waals surface area (Å²) < 4.78 is 26.6. The van der Waals surface area contributed by atoms with Crippen LogP contribution in [0.2, 0.25) is 25.1 Å². The number of benzene rings is 2. The van der Waals surface area contributed by atoms with Gasteiger partial charge in [0.05, 0.1) is 34.9 Å². The van der Waals surface area contributed by atoms with Gasteiger partial charge in [-0.1, -0.05) is 76.2 Å². The van der Waals surface area contributed by atoms with E-state index < -0.39 is 10.0 Å². The van der Waals surface area contributed by atoms with E-state index in [2.05, 4.69) is 4.13 Å². The second kappa shape index (κ2) is 7.36. The van der Waals surface area contributed by atoms with Gasteiger partial charge in [-0.25, -0.2) is 8.42 Å². The molecule has 0 aliphatic rings. The number of hydrogen-bond donors (Lipinski definition) is 1. The third-order valence-corrected chi connectivity index (χ3v) is 7.69. The zero-order valence-electron chi connectivity index (χ0n) is 10.4. The van der Waals surface area contributed by atoms with Crippen molar-refractivity contribution in [1.29, 1.82) is 0 Å². The maximum atomic E-state index is 12.2. The first kappa shape index (κ1) is 18.5. The van der Waals surface area contributed by atoms with Crippen LogP contribution < -0.4 is 4.13 Å². The van der Waals surface area contributed by atoms with Crippen LogP contribution in [0, 0.1) is 0 Å². The number of nitrogens with one attached hydrogen (secondary N) is 1. The van der Waals surface area contributed by atoms with E-state index in [1.165, 1.54) is 12.1 Å². The van der Waals surface area contributed by atoms with E-state index in [1.807, 2.05) is 0 Å². The van der Waals surface area contributed by atoms with Gasteiger partial charge in [0, 0.05) is 0 Å². The molecule has 0 spiro atoms. The Balaban J connectivity index is 2.34. The van der Waals surface area contributed by atoms with Gasteiger partial charge in [-0.15, -0.1) is 4.13 Å². The van der Waals surface area contributed by atoms with Crippen molar-refractivity contribution >= 4 is 80.0 Å². The Morgan fingerprint density at radius 2 is 1.23 bits per heavy atom. The standard InChI is InChI=1S/C12H6Cl5NO2S2/c13-7-8(14)10(16)12(11(17)9(7)15)21-18-22(19,20)6-4-2-1-3-5-6/h1-5,18H. The lowest BCUT2D eigenvalue weighted by molar-refractivity contribution is 0.594. The highest BCUT2D eigenvalue weighted by Gasteiger charge is 2.22. The minimum Gasteiger partial charge on any atom is -0.206 e. The number of sulfonamides is 1. The predicted molar refractivity (Wildman–Crippen MR) is 94.1 cm³/mol. The third kappa shape index (κ3) is 3.79. The zero-order chi connectivity index (χ0) is 16.5. The highest BCUT2D eigenvalue weighted by atomic mass is 35.5. The van der Waals surface area contributed by atoms with Crippen LogP contribution in [-0.2, 0) is 10.0 Å². The highest BCUT2D eigenvalue weighted by Crippen LogP contribution is 2.47. The maximum Gasteiger partial charge on any atom is 0.250 e. The molecule has 0 heterocycles. The smallest absolute Gasteiger partial charge is 0.206 e. The summed E-state index contributed by atoms with van der Waals surface area (Å²) in [6.07, 6.45) is 0. The van der Waals surface area contributed by atoms with Crippen molar-refractivity contribution in [3.05, 3.63) is 55.4 Å². The Labute approximate surface area is 157 Å². The average Bonchev–Trinajstić information content (AvgIpc) is 2.52. The second-order valence-electron chi connectivity index (χ2n) is 3.90.